The SMILES string of the molecule is COc1ccc(NCC(=O)N/N=C(/C)c2nc3ccccc3s2)cc1. The molecular weight excluding hydrogens is 336 g/mol. The molecule has 3 rings (SSSR count). The summed E-state index contributed by atoms with van der Waals surface area (Å²) in [4.78, 5) is 16.4. The van der Waals surface area contributed by atoms with Crippen molar-refractivity contribution in [2.24, 2.45) is 5.10 Å². The molecule has 0 saturated carbocycles. The van der Waals surface area contributed by atoms with Crippen molar-refractivity contribution in [1.82, 2.24) is 10.4 Å². The number of ether oxygens (including phenoxy) is 1. The highest BCUT2D eigenvalue weighted by molar-refractivity contribution is 7.20. The predicted molar refractivity (Wildman–Crippen MR) is 101 cm³/mol. The Balaban J connectivity index is 1.55. The summed E-state index contributed by atoms with van der Waals surface area (Å²) in [5, 5.41) is 7.96. The monoisotopic (exact) mass is 354 g/mol. The van der Waals surface area contributed by atoms with Crippen LogP contribution in [0.15, 0.2) is 53.6 Å². The molecule has 1 aromatic heterocycles. The summed E-state index contributed by atoms with van der Waals surface area (Å²) in [5.74, 6) is 0.544. The zero-order valence-corrected chi connectivity index (χ0v) is 14.8. The molecule has 2 N–H and O–H groups in total. The third kappa shape index (κ3) is 4.33. The molecule has 0 fully saturated rings. The average Bonchev–Trinajstić information content (AvgIpc) is 3.09. The van der Waals surface area contributed by atoms with Crippen molar-refractivity contribution in [3.05, 3.63) is 53.5 Å². The van der Waals surface area contributed by atoms with Gasteiger partial charge in [0.2, 0.25) is 0 Å². The summed E-state index contributed by atoms with van der Waals surface area (Å²) in [7, 11) is 1.61. The molecule has 0 radical (unpaired) electrons. The van der Waals surface area contributed by atoms with Gasteiger partial charge >= 0.3 is 0 Å². The first-order valence-corrected chi connectivity index (χ1v) is 8.54. The van der Waals surface area contributed by atoms with Crippen molar-refractivity contribution >= 4 is 38.9 Å². The fourth-order valence-corrected chi connectivity index (χ4v) is 3.06. The van der Waals surface area contributed by atoms with Crippen molar-refractivity contribution in [2.75, 3.05) is 19.0 Å². The van der Waals surface area contributed by atoms with Crippen LogP contribution in [0.25, 0.3) is 10.2 Å². The average molecular weight is 354 g/mol. The number of rotatable bonds is 6. The van der Waals surface area contributed by atoms with Crippen molar-refractivity contribution in [1.29, 1.82) is 0 Å². The lowest BCUT2D eigenvalue weighted by Crippen LogP contribution is -2.26. The van der Waals surface area contributed by atoms with E-state index in [0.29, 0.717) is 5.71 Å². The van der Waals surface area contributed by atoms with Crippen LogP contribution in [0.1, 0.15) is 11.9 Å². The molecule has 7 heteroatoms. The topological polar surface area (TPSA) is 75.6 Å². The number of nitrogens with zero attached hydrogens (tertiary/aromatic N) is 2. The molecule has 2 aromatic carbocycles. The molecule has 1 heterocycles. The third-order valence-electron chi connectivity index (χ3n) is 3.49. The number of nitrogens with one attached hydrogen (secondary N) is 2. The first kappa shape index (κ1) is 16.9. The van der Waals surface area contributed by atoms with Crippen LogP contribution >= 0.6 is 11.3 Å². The zero-order valence-electron chi connectivity index (χ0n) is 13.9. The number of benzene rings is 2. The molecule has 25 heavy (non-hydrogen) atoms. The van der Waals surface area contributed by atoms with Crippen LogP contribution in [0.3, 0.4) is 0 Å². The van der Waals surface area contributed by atoms with Gasteiger partial charge in [-0.3, -0.25) is 4.79 Å². The zero-order chi connectivity index (χ0) is 17.6. The standard InChI is InChI=1S/C18H18N4O2S/c1-12(18-20-15-5-3-4-6-16(15)25-18)21-22-17(23)11-19-13-7-9-14(24-2)10-8-13/h3-10,19H,11H2,1-2H3,(H,22,23)/b21-12-. The highest BCUT2D eigenvalue weighted by atomic mass is 32.1. The molecule has 0 unspecified atom stereocenters. The highest BCUT2D eigenvalue weighted by Crippen LogP contribution is 2.21. The molecule has 128 valence electrons. The second-order valence-electron chi connectivity index (χ2n) is 5.30. The number of amides is 1. The Morgan fingerprint density at radius 1 is 1.20 bits per heavy atom. The van der Waals surface area contributed by atoms with Gasteiger partial charge in [-0.2, -0.15) is 5.10 Å². The van der Waals surface area contributed by atoms with E-state index in [2.05, 4.69) is 20.8 Å². The molecule has 0 saturated heterocycles. The van der Waals surface area contributed by atoms with Gasteiger partial charge in [0.05, 0.1) is 29.6 Å². The van der Waals surface area contributed by atoms with Gasteiger partial charge in [-0.25, -0.2) is 10.4 Å². The lowest BCUT2D eigenvalue weighted by molar-refractivity contribution is -0.119. The molecule has 0 bridgehead atoms. The lowest BCUT2D eigenvalue weighted by Gasteiger charge is -2.06. The number of aromatic nitrogens is 1. The number of anilines is 1. The first-order chi connectivity index (χ1) is 12.2. The number of thiazole rings is 1. The van der Waals surface area contributed by atoms with Crippen molar-refractivity contribution < 1.29 is 9.53 Å². The van der Waals surface area contributed by atoms with Crippen LogP contribution in [0, 0.1) is 0 Å². The maximum atomic E-state index is 11.9. The molecule has 0 aliphatic carbocycles. The van der Waals surface area contributed by atoms with Gasteiger partial charge in [0.25, 0.3) is 5.91 Å². The predicted octanol–water partition coefficient (Wildman–Crippen LogP) is 3.26. The van der Waals surface area contributed by atoms with E-state index in [4.69, 9.17) is 4.74 Å². The summed E-state index contributed by atoms with van der Waals surface area (Å²) in [6, 6.07) is 15.3. The van der Waals surface area contributed by atoms with Gasteiger partial charge in [0.1, 0.15) is 10.8 Å². The number of carbonyl (C=O) groups is 1. The third-order valence-corrected chi connectivity index (χ3v) is 4.64. The van der Waals surface area contributed by atoms with E-state index in [-0.39, 0.29) is 12.5 Å². The Bertz CT molecular complexity index is 870. The largest absolute Gasteiger partial charge is 0.497 e. The highest BCUT2D eigenvalue weighted by Gasteiger charge is 2.07. The van der Waals surface area contributed by atoms with Gasteiger partial charge in [-0.05, 0) is 43.3 Å². The Labute approximate surface area is 149 Å². The van der Waals surface area contributed by atoms with Crippen LogP contribution in [0.2, 0.25) is 0 Å². The van der Waals surface area contributed by atoms with Gasteiger partial charge < -0.3 is 10.1 Å². The number of hydrazone groups is 1. The number of fused-ring (bicyclic) bond motifs is 1. The Morgan fingerprint density at radius 2 is 1.96 bits per heavy atom. The van der Waals surface area contributed by atoms with Crippen molar-refractivity contribution in [2.45, 2.75) is 6.92 Å². The van der Waals surface area contributed by atoms with Crippen molar-refractivity contribution in [3.63, 3.8) is 0 Å². The van der Waals surface area contributed by atoms with Gasteiger partial charge in [0, 0.05) is 5.69 Å². The molecule has 0 spiro atoms. The molecule has 0 aliphatic rings. The van der Waals surface area contributed by atoms with Crippen molar-refractivity contribution in [3.8, 4) is 5.75 Å². The normalized spacial score (nSPS) is 11.4. The summed E-state index contributed by atoms with van der Waals surface area (Å²) >= 11 is 1.55. The number of methoxy groups -OCH3 is 1. The van der Waals surface area contributed by atoms with Crippen LogP contribution < -0.4 is 15.5 Å². The maximum absolute atomic E-state index is 11.9. The van der Waals surface area contributed by atoms with Crippen LogP contribution in [0.5, 0.6) is 5.75 Å². The number of carbonyl (C=O) groups excluding carboxylic acids is 1. The number of hydrogen-bond donors (Lipinski definition) is 2. The second-order valence-corrected chi connectivity index (χ2v) is 6.33. The minimum atomic E-state index is -0.226. The van der Waals surface area contributed by atoms with E-state index in [1.54, 1.807) is 18.4 Å². The molecular formula is C18H18N4O2S. The van der Waals surface area contributed by atoms with Gasteiger partial charge in [-0.15, -0.1) is 11.3 Å². The molecule has 3 aromatic rings. The van der Waals surface area contributed by atoms with E-state index in [1.807, 2.05) is 55.5 Å². The molecule has 6 nitrogen and oxygen atoms in total. The van der Waals surface area contributed by atoms with E-state index >= 15 is 0 Å². The summed E-state index contributed by atoms with van der Waals surface area (Å²) in [6.07, 6.45) is 0. The molecule has 0 atom stereocenters. The van der Waals surface area contributed by atoms with Gasteiger partial charge in [-0.1, -0.05) is 12.1 Å². The fourth-order valence-electron chi connectivity index (χ4n) is 2.15. The van der Waals surface area contributed by atoms with Gasteiger partial charge in [0.15, 0.2) is 0 Å². The molecule has 1 amide bonds. The summed E-state index contributed by atoms with van der Waals surface area (Å²) in [5.41, 5.74) is 5.00. The molecule has 0 aliphatic heterocycles. The quantitative estimate of drug-likeness (QED) is 0.526. The fraction of sp³-hybridized carbons (Fsp3) is 0.167. The minimum Gasteiger partial charge on any atom is -0.497 e. The van der Waals surface area contributed by atoms with E-state index in [1.165, 1.54) is 0 Å². The first-order valence-electron chi connectivity index (χ1n) is 7.72. The minimum absolute atomic E-state index is 0.128. The number of hydrogen-bond acceptors (Lipinski definition) is 6. The Hall–Kier alpha value is -2.93. The summed E-state index contributed by atoms with van der Waals surface area (Å²) < 4.78 is 6.19. The van der Waals surface area contributed by atoms with E-state index in [9.17, 15) is 4.79 Å². The number of para-hydroxylation sites is 1. The maximum Gasteiger partial charge on any atom is 0.259 e. The van der Waals surface area contributed by atoms with Crippen LogP contribution in [-0.2, 0) is 4.79 Å². The lowest BCUT2D eigenvalue weighted by atomic mass is 10.3. The van der Waals surface area contributed by atoms with E-state index in [0.717, 1.165) is 26.7 Å². The Morgan fingerprint density at radius 3 is 2.68 bits per heavy atom. The summed E-state index contributed by atoms with van der Waals surface area (Å²) in [6.45, 7) is 1.96. The van der Waals surface area contributed by atoms with Crippen LogP contribution in [-0.4, -0.2) is 30.3 Å². The second kappa shape index (κ2) is 7.76. The van der Waals surface area contributed by atoms with Crippen LogP contribution in [0.4, 0.5) is 5.69 Å². The van der Waals surface area contributed by atoms with E-state index < -0.39 is 0 Å². The Kier molecular flexibility index (Phi) is 5.25. The smallest absolute Gasteiger partial charge is 0.259 e.